The molecule has 1 aliphatic carbocycles. The van der Waals surface area contributed by atoms with Gasteiger partial charge >= 0.3 is 0 Å². The van der Waals surface area contributed by atoms with Crippen LogP contribution >= 0.6 is 11.3 Å². The Kier molecular flexibility index (Phi) is 4.89. The quantitative estimate of drug-likeness (QED) is 0.324. The maximum atomic E-state index is 11.9. The van der Waals surface area contributed by atoms with Gasteiger partial charge in [0.1, 0.15) is 11.4 Å². The van der Waals surface area contributed by atoms with Crippen LogP contribution in [0.15, 0.2) is 48.9 Å². The van der Waals surface area contributed by atoms with E-state index in [1.165, 1.54) is 0 Å². The number of hydrogen-bond acceptors (Lipinski definition) is 7. The van der Waals surface area contributed by atoms with E-state index in [2.05, 4.69) is 44.2 Å². The first-order valence-corrected chi connectivity index (χ1v) is 12.0. The van der Waals surface area contributed by atoms with Crippen LogP contribution in [0.1, 0.15) is 46.2 Å². The number of allylic oxidation sites excluding steroid dienone is 1. The fourth-order valence-corrected chi connectivity index (χ4v) is 5.58. The molecule has 0 amide bonds. The maximum absolute atomic E-state index is 11.9. The molecule has 174 valence electrons. The van der Waals surface area contributed by atoms with Crippen LogP contribution in [-0.4, -0.2) is 43.0 Å². The molecule has 1 atom stereocenters. The minimum absolute atomic E-state index is 0.0837. The second kappa shape index (κ2) is 7.99. The molecule has 35 heavy (non-hydrogen) atoms. The summed E-state index contributed by atoms with van der Waals surface area (Å²) in [4.78, 5) is 31.1. The Morgan fingerprint density at radius 2 is 2.09 bits per heavy atom. The van der Waals surface area contributed by atoms with Crippen molar-refractivity contribution in [2.75, 3.05) is 7.11 Å². The molecular weight excluding hydrogens is 460 g/mol. The number of carbonyl (C=O) groups is 1. The third kappa shape index (κ3) is 3.47. The molecule has 5 aromatic heterocycles. The van der Waals surface area contributed by atoms with Crippen molar-refractivity contribution in [2.24, 2.45) is 0 Å². The van der Waals surface area contributed by atoms with Crippen molar-refractivity contribution in [1.82, 2.24) is 30.1 Å². The first kappa shape index (κ1) is 21.4. The number of carbonyl (C=O) groups excluding carboxylic acids is 1. The van der Waals surface area contributed by atoms with Crippen molar-refractivity contribution in [3.63, 3.8) is 0 Å². The van der Waals surface area contributed by atoms with E-state index in [0.29, 0.717) is 11.6 Å². The summed E-state index contributed by atoms with van der Waals surface area (Å²) in [6.45, 7) is 3.79. The van der Waals surface area contributed by atoms with Crippen LogP contribution in [0, 0.1) is 0 Å². The number of pyridine rings is 2. The zero-order chi connectivity index (χ0) is 24.2. The van der Waals surface area contributed by atoms with E-state index in [-0.39, 0.29) is 11.2 Å². The lowest BCUT2D eigenvalue weighted by atomic mass is 9.78. The summed E-state index contributed by atoms with van der Waals surface area (Å²) >= 11 is 1.54. The fourth-order valence-electron chi connectivity index (χ4n) is 4.52. The fraction of sp³-hybridized carbons (Fsp3) is 0.192. The van der Waals surface area contributed by atoms with E-state index in [4.69, 9.17) is 9.72 Å². The highest BCUT2D eigenvalue weighted by molar-refractivity contribution is 7.14. The number of Topliss-reactive ketones (excluding diaryl/α,β-unsaturated/α-hetero) is 1. The van der Waals surface area contributed by atoms with E-state index in [1.54, 1.807) is 44.0 Å². The van der Waals surface area contributed by atoms with Crippen molar-refractivity contribution in [2.45, 2.75) is 25.7 Å². The van der Waals surface area contributed by atoms with Gasteiger partial charge in [-0.05, 0) is 50.6 Å². The number of fused-ring (bicyclic) bond motifs is 2. The molecule has 9 heteroatoms. The number of aromatic nitrogens is 6. The summed E-state index contributed by atoms with van der Waals surface area (Å²) in [5, 5.41) is 8.54. The Morgan fingerprint density at radius 1 is 1.20 bits per heavy atom. The van der Waals surface area contributed by atoms with Crippen LogP contribution in [0.4, 0.5) is 0 Å². The smallest absolute Gasteiger partial charge is 0.169 e. The molecule has 0 saturated heterocycles. The molecule has 1 unspecified atom stereocenters. The number of thiophene rings is 1. The van der Waals surface area contributed by atoms with Crippen LogP contribution in [0.5, 0.6) is 5.75 Å². The van der Waals surface area contributed by atoms with E-state index in [0.717, 1.165) is 55.4 Å². The number of ether oxygens (including phenoxy) is 1. The van der Waals surface area contributed by atoms with Crippen molar-refractivity contribution in [3.8, 4) is 28.5 Å². The lowest BCUT2D eigenvalue weighted by Gasteiger charge is -2.29. The third-order valence-electron chi connectivity index (χ3n) is 6.50. The number of hydrogen-bond donors (Lipinski definition) is 2. The highest BCUT2D eigenvalue weighted by Crippen LogP contribution is 2.44. The number of imidazole rings is 1. The highest BCUT2D eigenvalue weighted by atomic mass is 32.1. The molecular formula is C26H22N6O2S. The van der Waals surface area contributed by atoms with Gasteiger partial charge in [0.05, 0.1) is 47.0 Å². The van der Waals surface area contributed by atoms with E-state index < -0.39 is 0 Å². The van der Waals surface area contributed by atoms with Crippen molar-refractivity contribution < 1.29 is 9.53 Å². The molecule has 0 saturated carbocycles. The van der Waals surface area contributed by atoms with Gasteiger partial charge in [-0.1, -0.05) is 6.08 Å². The number of nitrogens with one attached hydrogen (secondary N) is 2. The number of H-pyrrole nitrogens is 2. The van der Waals surface area contributed by atoms with Crippen LogP contribution < -0.4 is 4.74 Å². The SMILES string of the molecule is COc1cncc(-c2cc3c(-c4nc5c([nH]4)C(C)(c4ccc(C(C)=O)s4)CC=C5)n[nH]c3cn2)c1. The van der Waals surface area contributed by atoms with Crippen molar-refractivity contribution >= 4 is 34.1 Å². The first-order chi connectivity index (χ1) is 17.0. The number of aromatic amines is 2. The van der Waals surface area contributed by atoms with Gasteiger partial charge in [-0.2, -0.15) is 5.10 Å². The molecule has 0 bridgehead atoms. The minimum atomic E-state index is -0.307. The highest BCUT2D eigenvalue weighted by Gasteiger charge is 2.36. The van der Waals surface area contributed by atoms with Gasteiger partial charge in [-0.25, -0.2) is 4.98 Å². The van der Waals surface area contributed by atoms with E-state index >= 15 is 0 Å². The number of rotatable bonds is 5. The van der Waals surface area contributed by atoms with E-state index in [1.807, 2.05) is 24.3 Å². The largest absolute Gasteiger partial charge is 0.495 e. The summed E-state index contributed by atoms with van der Waals surface area (Å²) in [6.07, 6.45) is 10.2. The lowest BCUT2D eigenvalue weighted by molar-refractivity contribution is 0.102. The predicted molar refractivity (Wildman–Crippen MR) is 136 cm³/mol. The lowest BCUT2D eigenvalue weighted by Crippen LogP contribution is -2.25. The summed E-state index contributed by atoms with van der Waals surface area (Å²) in [7, 11) is 1.61. The predicted octanol–water partition coefficient (Wildman–Crippen LogP) is 5.41. The van der Waals surface area contributed by atoms with Crippen LogP contribution in [0.25, 0.3) is 39.8 Å². The van der Waals surface area contributed by atoms with Gasteiger partial charge in [0.15, 0.2) is 11.6 Å². The summed E-state index contributed by atoms with van der Waals surface area (Å²) in [5.74, 6) is 1.44. The minimum Gasteiger partial charge on any atom is -0.495 e. The van der Waals surface area contributed by atoms with Gasteiger partial charge < -0.3 is 9.72 Å². The normalized spacial score (nSPS) is 17.0. The van der Waals surface area contributed by atoms with Crippen LogP contribution in [0.2, 0.25) is 0 Å². The molecule has 1 aliphatic rings. The Hall–Kier alpha value is -4.11. The summed E-state index contributed by atoms with van der Waals surface area (Å²) in [6, 6.07) is 7.85. The van der Waals surface area contributed by atoms with Gasteiger partial charge in [0.25, 0.3) is 0 Å². The molecule has 5 aromatic rings. The summed E-state index contributed by atoms with van der Waals surface area (Å²) in [5.41, 5.74) is 4.76. The van der Waals surface area contributed by atoms with Gasteiger partial charge in [-0.3, -0.25) is 19.9 Å². The van der Waals surface area contributed by atoms with Crippen molar-refractivity contribution in [3.05, 3.63) is 70.1 Å². The van der Waals surface area contributed by atoms with Gasteiger partial charge in [-0.15, -0.1) is 11.3 Å². The Morgan fingerprint density at radius 3 is 2.89 bits per heavy atom. The van der Waals surface area contributed by atoms with E-state index in [9.17, 15) is 4.79 Å². The van der Waals surface area contributed by atoms with Crippen molar-refractivity contribution in [1.29, 1.82) is 0 Å². The molecule has 0 radical (unpaired) electrons. The zero-order valence-corrected chi connectivity index (χ0v) is 20.2. The zero-order valence-electron chi connectivity index (χ0n) is 19.4. The number of ketones is 1. The average molecular weight is 483 g/mol. The first-order valence-electron chi connectivity index (χ1n) is 11.2. The molecule has 5 heterocycles. The topological polar surface area (TPSA) is 109 Å². The molecule has 0 fully saturated rings. The Labute approximate surface area is 205 Å². The second-order valence-electron chi connectivity index (χ2n) is 8.81. The molecule has 0 aliphatic heterocycles. The second-order valence-corrected chi connectivity index (χ2v) is 9.89. The average Bonchev–Trinajstić information content (AvgIpc) is 3.62. The maximum Gasteiger partial charge on any atom is 0.169 e. The van der Waals surface area contributed by atoms with Gasteiger partial charge in [0, 0.05) is 27.4 Å². The summed E-state index contributed by atoms with van der Waals surface area (Å²) < 4.78 is 5.31. The van der Waals surface area contributed by atoms with Crippen LogP contribution in [0.3, 0.4) is 0 Å². The third-order valence-corrected chi connectivity index (χ3v) is 7.95. The molecule has 0 spiro atoms. The van der Waals surface area contributed by atoms with Gasteiger partial charge in [0.2, 0.25) is 0 Å². The standard InChI is InChI=1S/C26H22N6O2S/c1-14(33)21-6-7-22(35-21)26(2)8-4-5-18-24(26)30-25(29-18)23-17-10-19(28-13-20(17)31-32-23)15-9-16(34-3)12-27-11-15/h4-7,9-13H,8H2,1-3H3,(H,29,30)(H,31,32). The molecule has 0 aromatic carbocycles. The number of methoxy groups -OCH3 is 1. The Bertz CT molecular complexity index is 1630. The number of nitrogens with zero attached hydrogens (tertiary/aromatic N) is 4. The molecule has 2 N–H and O–H groups in total. The Balaban J connectivity index is 1.44. The molecule has 8 nitrogen and oxygen atoms in total. The van der Waals surface area contributed by atoms with Crippen LogP contribution in [-0.2, 0) is 5.41 Å². The monoisotopic (exact) mass is 482 g/mol. The molecule has 6 rings (SSSR count).